The molecular weight excluding hydrogens is 314 g/mol. The molecule has 0 saturated carbocycles. The Morgan fingerprint density at radius 2 is 2.33 bits per heavy atom. The normalized spacial score (nSPS) is 19.3. The van der Waals surface area contributed by atoms with Gasteiger partial charge in [0.25, 0.3) is 5.91 Å². The summed E-state index contributed by atoms with van der Waals surface area (Å²) in [4.78, 5) is 14.3. The van der Waals surface area contributed by atoms with E-state index in [1.807, 2.05) is 11.0 Å². The third-order valence-corrected chi connectivity index (χ3v) is 4.36. The van der Waals surface area contributed by atoms with Gasteiger partial charge < -0.3 is 4.90 Å². The van der Waals surface area contributed by atoms with E-state index in [0.29, 0.717) is 16.5 Å². The Hall–Kier alpha value is -0.540. The van der Waals surface area contributed by atoms with Crippen molar-refractivity contribution in [1.82, 2.24) is 4.90 Å². The van der Waals surface area contributed by atoms with Crippen LogP contribution in [0.1, 0.15) is 36.5 Å². The predicted octanol–water partition coefficient (Wildman–Crippen LogP) is 4.36. The first-order valence-electron chi connectivity index (χ1n) is 6.36. The van der Waals surface area contributed by atoms with E-state index in [1.54, 1.807) is 12.1 Å². The third kappa shape index (κ3) is 3.07. The minimum atomic E-state index is 0.0861. The Labute approximate surface area is 121 Å². The molecule has 1 unspecified atom stereocenters. The second-order valence-electron chi connectivity index (χ2n) is 4.82. The molecule has 0 aliphatic carbocycles. The molecule has 0 spiro atoms. The molecule has 2 rings (SSSR count). The van der Waals surface area contributed by atoms with Gasteiger partial charge in [-0.05, 0) is 52.9 Å². The lowest BCUT2D eigenvalue weighted by Gasteiger charge is -2.17. The van der Waals surface area contributed by atoms with Crippen LogP contribution in [-0.2, 0) is 0 Å². The van der Waals surface area contributed by atoms with E-state index in [4.69, 9.17) is 11.6 Å². The molecule has 1 amide bonds. The van der Waals surface area contributed by atoms with Crippen molar-refractivity contribution in [2.24, 2.45) is 5.92 Å². The van der Waals surface area contributed by atoms with Crippen LogP contribution in [0.4, 0.5) is 0 Å². The van der Waals surface area contributed by atoms with Gasteiger partial charge in [0.2, 0.25) is 0 Å². The highest BCUT2D eigenvalue weighted by molar-refractivity contribution is 9.10. The van der Waals surface area contributed by atoms with Gasteiger partial charge in [-0.25, -0.2) is 0 Å². The Morgan fingerprint density at radius 1 is 1.56 bits per heavy atom. The van der Waals surface area contributed by atoms with Gasteiger partial charge in [-0.3, -0.25) is 4.79 Å². The van der Waals surface area contributed by atoms with Crippen LogP contribution in [0.5, 0.6) is 0 Å². The minimum Gasteiger partial charge on any atom is -0.338 e. The van der Waals surface area contributed by atoms with E-state index in [1.165, 1.54) is 12.8 Å². The summed E-state index contributed by atoms with van der Waals surface area (Å²) in [6, 6.07) is 5.35. The zero-order chi connectivity index (χ0) is 13.1. The Bertz CT molecular complexity index is 449. The molecule has 1 aliphatic heterocycles. The first kappa shape index (κ1) is 13.9. The third-order valence-electron chi connectivity index (χ3n) is 3.43. The van der Waals surface area contributed by atoms with Crippen LogP contribution in [0.2, 0.25) is 5.02 Å². The van der Waals surface area contributed by atoms with Crippen LogP contribution >= 0.6 is 27.5 Å². The number of rotatable bonds is 3. The second-order valence-corrected chi connectivity index (χ2v) is 6.11. The number of carbonyl (C=O) groups is 1. The van der Waals surface area contributed by atoms with Gasteiger partial charge in [0.05, 0.1) is 5.56 Å². The molecule has 18 heavy (non-hydrogen) atoms. The van der Waals surface area contributed by atoms with Crippen LogP contribution < -0.4 is 0 Å². The predicted molar refractivity (Wildman–Crippen MR) is 78.1 cm³/mol. The number of amides is 1. The molecule has 98 valence electrons. The summed E-state index contributed by atoms with van der Waals surface area (Å²) in [5.41, 5.74) is 0.666. The first-order chi connectivity index (χ1) is 8.61. The fourth-order valence-electron chi connectivity index (χ4n) is 2.49. The number of likely N-dealkylation sites (tertiary alicyclic amines) is 1. The maximum absolute atomic E-state index is 12.4. The molecule has 1 saturated heterocycles. The Balaban J connectivity index is 2.10. The van der Waals surface area contributed by atoms with Gasteiger partial charge in [0.15, 0.2) is 0 Å². The molecule has 1 heterocycles. The average molecular weight is 331 g/mol. The van der Waals surface area contributed by atoms with Crippen molar-refractivity contribution in [2.45, 2.75) is 26.2 Å². The van der Waals surface area contributed by atoms with E-state index < -0.39 is 0 Å². The first-order valence-corrected chi connectivity index (χ1v) is 7.53. The summed E-state index contributed by atoms with van der Waals surface area (Å²) in [5, 5.41) is 0.603. The zero-order valence-electron chi connectivity index (χ0n) is 10.5. The van der Waals surface area contributed by atoms with Crippen molar-refractivity contribution in [3.63, 3.8) is 0 Å². The SMILES string of the molecule is CCCC1CCN(C(=O)c2cc(Cl)ccc2Br)C1. The molecular formula is C14H17BrClNO. The second kappa shape index (κ2) is 6.07. The number of nitrogens with zero attached hydrogens (tertiary/aromatic N) is 1. The lowest BCUT2D eigenvalue weighted by Crippen LogP contribution is -2.29. The zero-order valence-corrected chi connectivity index (χ0v) is 12.8. The molecule has 0 bridgehead atoms. The monoisotopic (exact) mass is 329 g/mol. The fraction of sp³-hybridized carbons (Fsp3) is 0.500. The van der Waals surface area contributed by atoms with Crippen molar-refractivity contribution in [1.29, 1.82) is 0 Å². The lowest BCUT2D eigenvalue weighted by molar-refractivity contribution is 0.0785. The average Bonchev–Trinajstić information content (AvgIpc) is 2.80. The molecule has 1 aromatic carbocycles. The van der Waals surface area contributed by atoms with Crippen molar-refractivity contribution < 1.29 is 4.79 Å². The lowest BCUT2D eigenvalue weighted by atomic mass is 10.0. The highest BCUT2D eigenvalue weighted by Gasteiger charge is 2.27. The topological polar surface area (TPSA) is 20.3 Å². The van der Waals surface area contributed by atoms with Gasteiger partial charge >= 0.3 is 0 Å². The molecule has 0 aromatic heterocycles. The quantitative estimate of drug-likeness (QED) is 0.806. The van der Waals surface area contributed by atoms with Crippen molar-refractivity contribution in [3.05, 3.63) is 33.3 Å². The maximum Gasteiger partial charge on any atom is 0.255 e. The highest BCUT2D eigenvalue weighted by atomic mass is 79.9. The molecule has 2 nitrogen and oxygen atoms in total. The van der Waals surface area contributed by atoms with E-state index >= 15 is 0 Å². The fourth-order valence-corrected chi connectivity index (χ4v) is 3.08. The molecule has 1 atom stereocenters. The number of carbonyl (C=O) groups excluding carboxylic acids is 1. The van der Waals surface area contributed by atoms with E-state index in [9.17, 15) is 4.79 Å². The van der Waals surface area contributed by atoms with Crippen molar-refractivity contribution >= 4 is 33.4 Å². The number of hydrogen-bond acceptors (Lipinski definition) is 1. The van der Waals surface area contributed by atoms with Gasteiger partial charge in [0, 0.05) is 22.6 Å². The Kier molecular flexibility index (Phi) is 4.68. The molecule has 4 heteroatoms. The minimum absolute atomic E-state index is 0.0861. The van der Waals surface area contributed by atoms with Crippen molar-refractivity contribution in [2.75, 3.05) is 13.1 Å². The number of halogens is 2. The summed E-state index contributed by atoms with van der Waals surface area (Å²) in [5.74, 6) is 0.750. The Morgan fingerprint density at radius 3 is 3.06 bits per heavy atom. The van der Waals surface area contributed by atoms with Gasteiger partial charge in [-0.2, -0.15) is 0 Å². The number of hydrogen-bond donors (Lipinski definition) is 0. The van der Waals surface area contributed by atoms with Crippen molar-refractivity contribution in [3.8, 4) is 0 Å². The summed E-state index contributed by atoms with van der Waals surface area (Å²) in [6.07, 6.45) is 3.52. The van der Waals surface area contributed by atoms with Crippen LogP contribution in [0.15, 0.2) is 22.7 Å². The molecule has 1 aliphatic rings. The maximum atomic E-state index is 12.4. The molecule has 1 aromatic rings. The largest absolute Gasteiger partial charge is 0.338 e. The summed E-state index contributed by atoms with van der Waals surface area (Å²) >= 11 is 9.37. The van der Waals surface area contributed by atoms with E-state index in [0.717, 1.165) is 24.0 Å². The molecule has 0 N–H and O–H groups in total. The smallest absolute Gasteiger partial charge is 0.255 e. The number of benzene rings is 1. The standard InChI is InChI=1S/C14H17BrClNO/c1-2-3-10-6-7-17(9-10)14(18)12-8-11(16)4-5-13(12)15/h4-5,8,10H,2-3,6-7,9H2,1H3. The van der Waals surface area contributed by atoms with E-state index in [2.05, 4.69) is 22.9 Å². The van der Waals surface area contributed by atoms with Crippen LogP contribution in [0.25, 0.3) is 0 Å². The van der Waals surface area contributed by atoms with Gasteiger partial charge in [-0.15, -0.1) is 0 Å². The van der Waals surface area contributed by atoms with E-state index in [-0.39, 0.29) is 5.91 Å². The summed E-state index contributed by atoms with van der Waals surface area (Å²) in [6.45, 7) is 3.94. The van der Waals surface area contributed by atoms with Gasteiger partial charge in [-0.1, -0.05) is 24.9 Å². The highest BCUT2D eigenvalue weighted by Crippen LogP contribution is 2.26. The van der Waals surface area contributed by atoms with Gasteiger partial charge in [0.1, 0.15) is 0 Å². The summed E-state index contributed by atoms with van der Waals surface area (Å²) in [7, 11) is 0. The van der Waals surface area contributed by atoms with Crippen LogP contribution in [-0.4, -0.2) is 23.9 Å². The van der Waals surface area contributed by atoms with Crippen LogP contribution in [0, 0.1) is 5.92 Å². The van der Waals surface area contributed by atoms with Crippen LogP contribution in [0.3, 0.4) is 0 Å². The molecule has 1 fully saturated rings. The summed E-state index contributed by atoms with van der Waals surface area (Å²) < 4.78 is 0.816. The molecule has 0 radical (unpaired) electrons.